The van der Waals surface area contributed by atoms with Crippen molar-refractivity contribution >= 4 is 0 Å². The number of rotatable bonds is 2. The summed E-state index contributed by atoms with van der Waals surface area (Å²) in [4.78, 5) is 4.55. The van der Waals surface area contributed by atoms with Crippen molar-refractivity contribution in [1.82, 2.24) is 4.98 Å². The number of hydrogen-bond donors (Lipinski definition) is 0. The van der Waals surface area contributed by atoms with Crippen molar-refractivity contribution in [1.29, 1.82) is 0 Å². The zero-order valence-corrected chi connectivity index (χ0v) is 10.4. The van der Waals surface area contributed by atoms with Gasteiger partial charge >= 0.3 is 0 Å². The van der Waals surface area contributed by atoms with Crippen LogP contribution in [0.5, 0.6) is 0 Å². The molecule has 1 aromatic rings. The van der Waals surface area contributed by atoms with Crippen LogP contribution >= 0.6 is 0 Å². The van der Waals surface area contributed by atoms with Crippen LogP contribution in [0.25, 0.3) is 0 Å². The van der Waals surface area contributed by atoms with Crippen molar-refractivity contribution < 1.29 is 4.39 Å². The number of pyridine rings is 1. The van der Waals surface area contributed by atoms with E-state index in [4.69, 9.17) is 0 Å². The lowest BCUT2D eigenvalue weighted by Gasteiger charge is -2.22. The molecule has 0 bridgehead atoms. The fourth-order valence-electron chi connectivity index (χ4n) is 2.53. The van der Waals surface area contributed by atoms with Gasteiger partial charge in [-0.05, 0) is 49.3 Å². The minimum Gasteiger partial charge on any atom is -0.258 e. The second-order valence-electron chi connectivity index (χ2n) is 5.29. The molecule has 0 amide bonds. The molecule has 1 nitrogen and oxygen atoms in total. The molecule has 0 radical (unpaired) electrons. The molecule has 2 rings (SSSR count). The van der Waals surface area contributed by atoms with Crippen LogP contribution in [0, 0.1) is 12.8 Å². The van der Waals surface area contributed by atoms with Gasteiger partial charge in [-0.15, -0.1) is 0 Å². The van der Waals surface area contributed by atoms with Gasteiger partial charge in [0.2, 0.25) is 0 Å². The largest absolute Gasteiger partial charge is 0.258 e. The molecule has 0 saturated carbocycles. The SMILES string of the molecule is Cc1cc(CC(C)C)c2c(n1)CCC(F)C2. The maximum Gasteiger partial charge on any atom is 0.105 e. The van der Waals surface area contributed by atoms with E-state index in [0.29, 0.717) is 18.8 Å². The van der Waals surface area contributed by atoms with Gasteiger partial charge in [0.15, 0.2) is 0 Å². The third-order valence-electron chi connectivity index (χ3n) is 3.18. The van der Waals surface area contributed by atoms with Crippen LogP contribution in [-0.2, 0) is 19.3 Å². The van der Waals surface area contributed by atoms with E-state index in [1.165, 1.54) is 11.1 Å². The average molecular weight is 221 g/mol. The van der Waals surface area contributed by atoms with Gasteiger partial charge in [-0.3, -0.25) is 4.98 Å². The number of hydrogen-bond acceptors (Lipinski definition) is 1. The molecule has 0 N–H and O–H groups in total. The number of nitrogens with zero attached hydrogens (tertiary/aromatic N) is 1. The normalized spacial score (nSPS) is 19.9. The molecule has 1 aliphatic rings. The first-order valence-electron chi connectivity index (χ1n) is 6.18. The summed E-state index contributed by atoms with van der Waals surface area (Å²) in [5.74, 6) is 0.617. The Morgan fingerprint density at radius 1 is 1.50 bits per heavy atom. The van der Waals surface area contributed by atoms with Gasteiger partial charge in [0.1, 0.15) is 6.17 Å². The molecule has 1 aliphatic carbocycles. The van der Waals surface area contributed by atoms with Crippen LogP contribution in [0.2, 0.25) is 0 Å². The van der Waals surface area contributed by atoms with E-state index in [1.54, 1.807) is 0 Å². The van der Waals surface area contributed by atoms with E-state index in [9.17, 15) is 4.39 Å². The third-order valence-corrected chi connectivity index (χ3v) is 3.18. The van der Waals surface area contributed by atoms with E-state index < -0.39 is 6.17 Å². The number of fused-ring (bicyclic) bond motifs is 1. The van der Waals surface area contributed by atoms with Gasteiger partial charge in [0.05, 0.1) is 0 Å². The summed E-state index contributed by atoms with van der Waals surface area (Å²) < 4.78 is 13.5. The van der Waals surface area contributed by atoms with Gasteiger partial charge in [0.25, 0.3) is 0 Å². The van der Waals surface area contributed by atoms with E-state index in [1.807, 2.05) is 6.92 Å². The minimum atomic E-state index is -0.664. The van der Waals surface area contributed by atoms with Crippen LogP contribution in [0.15, 0.2) is 6.07 Å². The van der Waals surface area contributed by atoms with Gasteiger partial charge in [-0.1, -0.05) is 13.8 Å². The monoisotopic (exact) mass is 221 g/mol. The first kappa shape index (κ1) is 11.6. The summed E-state index contributed by atoms with van der Waals surface area (Å²) >= 11 is 0. The van der Waals surface area contributed by atoms with E-state index in [2.05, 4.69) is 24.9 Å². The molecule has 1 unspecified atom stereocenters. The Morgan fingerprint density at radius 3 is 2.94 bits per heavy atom. The number of alkyl halides is 1. The smallest absolute Gasteiger partial charge is 0.105 e. The lowest BCUT2D eigenvalue weighted by Crippen LogP contribution is -2.19. The fraction of sp³-hybridized carbons (Fsp3) is 0.643. The van der Waals surface area contributed by atoms with Gasteiger partial charge in [-0.2, -0.15) is 0 Å². The second-order valence-corrected chi connectivity index (χ2v) is 5.29. The van der Waals surface area contributed by atoms with Crippen molar-refractivity contribution in [2.75, 3.05) is 0 Å². The van der Waals surface area contributed by atoms with Crippen molar-refractivity contribution in [3.05, 3.63) is 28.6 Å². The minimum absolute atomic E-state index is 0.574. The zero-order valence-electron chi connectivity index (χ0n) is 10.4. The quantitative estimate of drug-likeness (QED) is 0.745. The molecule has 1 atom stereocenters. The van der Waals surface area contributed by atoms with Crippen molar-refractivity contribution in [3.8, 4) is 0 Å². The lowest BCUT2D eigenvalue weighted by atomic mass is 9.87. The van der Waals surface area contributed by atoms with E-state index >= 15 is 0 Å². The molecular formula is C14H20FN. The van der Waals surface area contributed by atoms with Crippen molar-refractivity contribution in [2.45, 2.75) is 52.6 Å². The van der Waals surface area contributed by atoms with Crippen LogP contribution in [-0.4, -0.2) is 11.2 Å². The Bertz CT molecular complexity index is 385. The lowest BCUT2D eigenvalue weighted by molar-refractivity contribution is 0.298. The van der Waals surface area contributed by atoms with Gasteiger partial charge in [0, 0.05) is 17.8 Å². The Hall–Kier alpha value is -0.920. The van der Waals surface area contributed by atoms with Crippen LogP contribution in [0.4, 0.5) is 4.39 Å². The Labute approximate surface area is 97.1 Å². The molecule has 1 heterocycles. The van der Waals surface area contributed by atoms with Gasteiger partial charge < -0.3 is 0 Å². The van der Waals surface area contributed by atoms with Crippen LogP contribution in [0.1, 0.15) is 42.8 Å². The maximum absolute atomic E-state index is 13.5. The van der Waals surface area contributed by atoms with Gasteiger partial charge in [-0.25, -0.2) is 4.39 Å². The third kappa shape index (κ3) is 2.42. The van der Waals surface area contributed by atoms with E-state index in [0.717, 1.165) is 24.2 Å². The highest BCUT2D eigenvalue weighted by atomic mass is 19.1. The number of aryl methyl sites for hydroxylation is 2. The molecular weight excluding hydrogens is 201 g/mol. The maximum atomic E-state index is 13.5. The highest BCUT2D eigenvalue weighted by Gasteiger charge is 2.22. The molecule has 0 saturated heterocycles. The summed E-state index contributed by atoms with van der Waals surface area (Å²) in [7, 11) is 0. The summed E-state index contributed by atoms with van der Waals surface area (Å²) in [5.41, 5.74) is 4.73. The van der Waals surface area contributed by atoms with E-state index in [-0.39, 0.29) is 0 Å². The predicted octanol–water partition coefficient (Wildman–Crippen LogP) is 3.42. The highest BCUT2D eigenvalue weighted by molar-refractivity contribution is 5.35. The standard InChI is InChI=1S/C14H20FN/c1-9(2)6-11-7-10(3)16-14-5-4-12(15)8-13(11)14/h7,9,12H,4-6,8H2,1-3H3. The Kier molecular flexibility index (Phi) is 3.27. The molecule has 88 valence electrons. The second kappa shape index (κ2) is 4.52. The first-order valence-corrected chi connectivity index (χ1v) is 6.18. The topological polar surface area (TPSA) is 12.9 Å². The molecule has 0 spiro atoms. The molecule has 0 aromatic carbocycles. The van der Waals surface area contributed by atoms with Crippen molar-refractivity contribution in [2.24, 2.45) is 5.92 Å². The fourth-order valence-corrected chi connectivity index (χ4v) is 2.53. The predicted molar refractivity (Wildman–Crippen MR) is 64.4 cm³/mol. The Balaban J connectivity index is 2.39. The Morgan fingerprint density at radius 2 is 2.25 bits per heavy atom. The highest BCUT2D eigenvalue weighted by Crippen LogP contribution is 2.27. The van der Waals surface area contributed by atoms with Crippen LogP contribution < -0.4 is 0 Å². The summed E-state index contributed by atoms with van der Waals surface area (Å²) in [5, 5.41) is 0. The summed E-state index contributed by atoms with van der Waals surface area (Å²) in [6.07, 6.45) is 2.40. The number of aromatic nitrogens is 1. The molecule has 0 aliphatic heterocycles. The molecule has 1 aromatic heterocycles. The van der Waals surface area contributed by atoms with Crippen molar-refractivity contribution in [3.63, 3.8) is 0 Å². The summed E-state index contributed by atoms with van der Waals surface area (Å²) in [6, 6.07) is 2.14. The number of halogens is 1. The van der Waals surface area contributed by atoms with Crippen LogP contribution in [0.3, 0.4) is 0 Å². The molecule has 0 fully saturated rings. The average Bonchev–Trinajstić information content (AvgIpc) is 2.18. The zero-order chi connectivity index (χ0) is 11.7. The first-order chi connectivity index (χ1) is 7.56. The molecule has 16 heavy (non-hydrogen) atoms. The summed E-state index contributed by atoms with van der Waals surface area (Å²) in [6.45, 7) is 6.45. The molecule has 2 heteroatoms.